The van der Waals surface area contributed by atoms with E-state index < -0.39 is 11.8 Å². The second-order valence-corrected chi connectivity index (χ2v) is 8.14. The molecule has 1 fully saturated rings. The molecule has 0 N–H and O–H groups in total. The molecule has 3 aromatic carbocycles. The predicted octanol–water partition coefficient (Wildman–Crippen LogP) is 4.15. The van der Waals surface area contributed by atoms with Gasteiger partial charge in [0.15, 0.2) is 0 Å². The summed E-state index contributed by atoms with van der Waals surface area (Å²) in [5, 5.41) is 0.955. The number of hydrogen-bond donors (Lipinski definition) is 0. The van der Waals surface area contributed by atoms with Gasteiger partial charge in [-0.2, -0.15) is 5.06 Å². The lowest BCUT2D eigenvalue weighted by Crippen LogP contribution is -2.41. The summed E-state index contributed by atoms with van der Waals surface area (Å²) in [7, 11) is 0. The van der Waals surface area contributed by atoms with Gasteiger partial charge in [0.25, 0.3) is 11.8 Å². The molecule has 0 radical (unpaired) electrons. The van der Waals surface area contributed by atoms with Crippen LogP contribution in [-0.4, -0.2) is 16.9 Å². The van der Waals surface area contributed by atoms with E-state index in [2.05, 4.69) is 24.3 Å². The van der Waals surface area contributed by atoms with Gasteiger partial charge in [-0.15, -0.1) is 0 Å². The Morgan fingerprint density at radius 3 is 1.57 bits per heavy atom. The first-order valence-electron chi connectivity index (χ1n) is 10.1. The fourth-order valence-electron chi connectivity index (χ4n) is 5.50. The number of hydroxylamine groups is 2. The van der Waals surface area contributed by atoms with Gasteiger partial charge in [0.1, 0.15) is 12.4 Å². The molecule has 30 heavy (non-hydrogen) atoms. The highest BCUT2D eigenvalue weighted by Gasteiger charge is 2.62. The van der Waals surface area contributed by atoms with Gasteiger partial charge in [-0.25, -0.2) is 4.39 Å². The topological polar surface area (TPSA) is 46.6 Å². The molecule has 0 spiro atoms. The number of nitrogens with zero attached hydrogens (tertiary/aromatic N) is 1. The Hall–Kier alpha value is -3.31. The zero-order valence-electron chi connectivity index (χ0n) is 16.0. The second kappa shape index (κ2) is 6.34. The smallest absolute Gasteiger partial charge is 0.258 e. The van der Waals surface area contributed by atoms with E-state index in [0.717, 1.165) is 27.3 Å². The molecule has 1 heterocycles. The molecule has 0 aromatic heterocycles. The Labute approximate surface area is 172 Å². The molecule has 0 saturated carbocycles. The van der Waals surface area contributed by atoms with Gasteiger partial charge in [0.2, 0.25) is 0 Å². The van der Waals surface area contributed by atoms with Crippen LogP contribution in [0.25, 0.3) is 0 Å². The van der Waals surface area contributed by atoms with E-state index in [1.165, 1.54) is 12.1 Å². The van der Waals surface area contributed by atoms with Crippen LogP contribution in [0.15, 0.2) is 72.8 Å². The lowest BCUT2D eigenvalue weighted by molar-refractivity contribution is -0.193. The molecule has 1 aliphatic heterocycles. The summed E-state index contributed by atoms with van der Waals surface area (Å²) in [4.78, 5) is 32.4. The zero-order chi connectivity index (χ0) is 20.4. The first-order valence-corrected chi connectivity index (χ1v) is 10.1. The molecule has 2 amide bonds. The highest BCUT2D eigenvalue weighted by molar-refractivity contribution is 6.06. The molecule has 0 unspecified atom stereocenters. The Balaban J connectivity index is 1.39. The minimum Gasteiger partial charge on any atom is -0.272 e. The van der Waals surface area contributed by atoms with E-state index in [-0.39, 0.29) is 36.1 Å². The van der Waals surface area contributed by atoms with E-state index >= 15 is 0 Å². The first-order chi connectivity index (χ1) is 14.6. The van der Waals surface area contributed by atoms with Crippen LogP contribution >= 0.6 is 0 Å². The third-order valence-corrected chi connectivity index (χ3v) is 6.68. The SMILES string of the molecule is O=C1[C@H]2C3c4ccccc4C(c4ccccc43)[C@@H]2C(=O)N1OCc1ccc(F)cc1. The van der Waals surface area contributed by atoms with Crippen molar-refractivity contribution in [2.24, 2.45) is 11.8 Å². The first kappa shape index (κ1) is 17.5. The minimum atomic E-state index is -0.458. The third-order valence-electron chi connectivity index (χ3n) is 6.68. The minimum absolute atomic E-state index is 0.0342. The number of rotatable bonds is 3. The average Bonchev–Trinajstić information content (AvgIpc) is 3.04. The highest BCUT2D eigenvalue weighted by Crippen LogP contribution is 2.60. The van der Waals surface area contributed by atoms with Crippen molar-refractivity contribution >= 4 is 11.8 Å². The van der Waals surface area contributed by atoms with Gasteiger partial charge in [0.05, 0.1) is 11.8 Å². The van der Waals surface area contributed by atoms with Crippen molar-refractivity contribution in [2.45, 2.75) is 18.4 Å². The lowest BCUT2D eigenvalue weighted by Gasteiger charge is -2.45. The lowest BCUT2D eigenvalue weighted by atomic mass is 9.55. The van der Waals surface area contributed by atoms with E-state index in [0.29, 0.717) is 5.56 Å². The third kappa shape index (κ3) is 2.30. The molecule has 1 saturated heterocycles. The fraction of sp³-hybridized carbons (Fsp3) is 0.200. The number of imide groups is 1. The van der Waals surface area contributed by atoms with Crippen LogP contribution in [0.1, 0.15) is 39.7 Å². The fourth-order valence-corrected chi connectivity index (χ4v) is 5.50. The maximum atomic E-state index is 13.4. The van der Waals surface area contributed by atoms with E-state index in [1.54, 1.807) is 12.1 Å². The summed E-state index contributed by atoms with van der Waals surface area (Å²) in [6.45, 7) is 0.0342. The Kier molecular flexibility index (Phi) is 3.71. The molecule has 3 aliphatic carbocycles. The van der Waals surface area contributed by atoms with E-state index in [9.17, 15) is 14.0 Å². The number of benzene rings is 3. The second-order valence-electron chi connectivity index (χ2n) is 8.14. The summed E-state index contributed by atoms with van der Waals surface area (Å²) >= 11 is 0. The van der Waals surface area contributed by atoms with E-state index in [1.807, 2.05) is 24.3 Å². The van der Waals surface area contributed by atoms with Crippen LogP contribution in [0.3, 0.4) is 0 Å². The standard InChI is InChI=1S/C25H18FNO3/c26-15-11-9-14(10-12-15)13-30-27-24(28)22-20-16-5-1-2-6-17(16)21(23(22)25(27)29)19-8-4-3-7-18(19)20/h1-12,20-23H,13H2/t20?,21?,22-,23-/m0/s1. The molecule has 5 heteroatoms. The average molecular weight is 399 g/mol. The van der Waals surface area contributed by atoms with E-state index in [4.69, 9.17) is 4.84 Å². The Morgan fingerprint density at radius 1 is 0.700 bits per heavy atom. The van der Waals surface area contributed by atoms with Gasteiger partial charge in [-0.3, -0.25) is 14.4 Å². The molecule has 4 nitrogen and oxygen atoms in total. The van der Waals surface area contributed by atoms with Crippen LogP contribution in [0.4, 0.5) is 4.39 Å². The van der Waals surface area contributed by atoms with Crippen molar-refractivity contribution in [3.63, 3.8) is 0 Å². The van der Waals surface area contributed by atoms with Crippen LogP contribution < -0.4 is 0 Å². The van der Waals surface area contributed by atoms with Gasteiger partial charge >= 0.3 is 0 Å². The maximum Gasteiger partial charge on any atom is 0.258 e. The number of carbonyl (C=O) groups is 2. The summed E-state index contributed by atoms with van der Waals surface area (Å²) < 4.78 is 13.1. The van der Waals surface area contributed by atoms with Crippen LogP contribution in [-0.2, 0) is 21.0 Å². The Morgan fingerprint density at radius 2 is 1.13 bits per heavy atom. The highest BCUT2D eigenvalue weighted by atomic mass is 19.1. The van der Waals surface area contributed by atoms with Crippen molar-refractivity contribution in [2.75, 3.05) is 0 Å². The van der Waals surface area contributed by atoms with Gasteiger partial charge in [-0.1, -0.05) is 60.7 Å². The molecular formula is C25H18FNO3. The molecular weight excluding hydrogens is 381 g/mol. The van der Waals surface area contributed by atoms with Crippen molar-refractivity contribution < 1.29 is 18.8 Å². The van der Waals surface area contributed by atoms with Crippen LogP contribution in [0.2, 0.25) is 0 Å². The van der Waals surface area contributed by atoms with Gasteiger partial charge in [-0.05, 0) is 39.9 Å². The summed E-state index contributed by atoms with van der Waals surface area (Å²) in [5.74, 6) is -2.13. The van der Waals surface area contributed by atoms with Crippen LogP contribution in [0, 0.1) is 17.7 Å². The summed E-state index contributed by atoms with van der Waals surface area (Å²) in [6, 6.07) is 22.1. The van der Waals surface area contributed by atoms with Crippen LogP contribution in [0.5, 0.6) is 0 Å². The van der Waals surface area contributed by atoms with Crippen molar-refractivity contribution in [1.29, 1.82) is 0 Å². The van der Waals surface area contributed by atoms with Gasteiger partial charge < -0.3 is 0 Å². The number of carbonyl (C=O) groups excluding carboxylic acids is 2. The molecule has 3 aromatic rings. The largest absolute Gasteiger partial charge is 0.272 e. The normalized spacial score (nSPS) is 25.8. The summed E-state index contributed by atoms with van der Waals surface area (Å²) in [6.07, 6.45) is 0. The molecule has 4 aliphatic rings. The Bertz CT molecular complexity index is 1070. The maximum absolute atomic E-state index is 13.4. The predicted molar refractivity (Wildman–Crippen MR) is 107 cm³/mol. The number of halogens is 1. The zero-order valence-corrected chi connectivity index (χ0v) is 16.0. The molecule has 2 atom stereocenters. The quantitative estimate of drug-likeness (QED) is 0.622. The van der Waals surface area contributed by atoms with Crippen molar-refractivity contribution in [3.8, 4) is 0 Å². The van der Waals surface area contributed by atoms with Gasteiger partial charge in [0, 0.05) is 11.8 Å². The number of hydrogen-bond acceptors (Lipinski definition) is 3. The summed E-state index contributed by atoms with van der Waals surface area (Å²) in [5.41, 5.74) is 5.21. The molecule has 2 bridgehead atoms. The number of amides is 2. The monoisotopic (exact) mass is 399 g/mol. The molecule has 148 valence electrons. The van der Waals surface area contributed by atoms with Crippen molar-refractivity contribution in [1.82, 2.24) is 5.06 Å². The van der Waals surface area contributed by atoms with Crippen molar-refractivity contribution in [3.05, 3.63) is 106 Å². The molecule has 7 rings (SSSR count).